The Bertz CT molecular complexity index is 695. The van der Waals surface area contributed by atoms with Crippen LogP contribution in [0.15, 0.2) is 40.1 Å². The minimum atomic E-state index is -1.44. The molecule has 1 aliphatic rings. The first kappa shape index (κ1) is 14.0. The minimum absolute atomic E-state index is 0.0649. The molecule has 0 fully saturated rings. The Morgan fingerprint density at radius 1 is 0.952 bits per heavy atom. The Balaban J connectivity index is 2.25. The van der Waals surface area contributed by atoms with Gasteiger partial charge in [-0.1, -0.05) is 18.2 Å². The lowest BCUT2D eigenvalue weighted by atomic mass is 10.0. The summed E-state index contributed by atoms with van der Waals surface area (Å²) in [7, 11) is 0. The van der Waals surface area contributed by atoms with Gasteiger partial charge in [-0.15, -0.1) is 0 Å². The van der Waals surface area contributed by atoms with E-state index in [0.29, 0.717) is 21.8 Å². The van der Waals surface area contributed by atoms with Crippen molar-refractivity contribution < 1.29 is 20.2 Å². The average molecular weight is 307 g/mol. The van der Waals surface area contributed by atoms with Gasteiger partial charge in [0.05, 0.1) is 11.4 Å². The van der Waals surface area contributed by atoms with Crippen LogP contribution in [0, 0.1) is 0 Å². The van der Waals surface area contributed by atoms with Crippen LogP contribution in [0.25, 0.3) is 0 Å². The fraction of sp³-hybridized carbons (Fsp3) is 0.0769. The van der Waals surface area contributed by atoms with Crippen molar-refractivity contribution in [1.82, 2.24) is 0 Å². The molecule has 8 heteroatoms. The van der Waals surface area contributed by atoms with Crippen LogP contribution in [0.4, 0.5) is 17.1 Å². The van der Waals surface area contributed by atoms with Crippen molar-refractivity contribution in [1.29, 1.82) is 0 Å². The molecule has 1 atom stereocenters. The maximum absolute atomic E-state index is 12.7. The first-order valence-electron chi connectivity index (χ1n) is 6.11. The normalized spacial score (nSPS) is 15.9. The van der Waals surface area contributed by atoms with Gasteiger partial charge in [0.1, 0.15) is 5.69 Å². The van der Waals surface area contributed by atoms with Gasteiger partial charge in [0.15, 0.2) is 9.79 Å². The van der Waals surface area contributed by atoms with Gasteiger partial charge in [-0.05, 0) is 6.07 Å². The molecule has 6 N–H and O–H groups in total. The maximum atomic E-state index is 12.7. The molecule has 7 nitrogen and oxygen atoms in total. The predicted molar refractivity (Wildman–Crippen MR) is 76.6 cm³/mol. The molecule has 21 heavy (non-hydrogen) atoms. The van der Waals surface area contributed by atoms with Crippen LogP contribution in [0.1, 0.15) is 11.1 Å². The van der Waals surface area contributed by atoms with Crippen LogP contribution >= 0.6 is 0 Å². The van der Waals surface area contributed by atoms with Crippen LogP contribution in [-0.4, -0.2) is 20.2 Å². The molecule has 3 rings (SSSR count). The fourth-order valence-corrected chi connectivity index (χ4v) is 3.95. The van der Waals surface area contributed by atoms with Crippen molar-refractivity contribution >= 4 is 28.2 Å². The van der Waals surface area contributed by atoms with Crippen molar-refractivity contribution in [2.45, 2.75) is 16.2 Å². The molecule has 0 saturated heterocycles. The summed E-state index contributed by atoms with van der Waals surface area (Å²) in [4.78, 5) is 1.16. The number of rotatable bonds is 3. The zero-order valence-corrected chi connectivity index (χ0v) is 11.6. The highest BCUT2D eigenvalue weighted by atomic mass is 32.2. The summed E-state index contributed by atoms with van der Waals surface area (Å²) in [5.74, 6) is 0. The van der Waals surface area contributed by atoms with E-state index in [-0.39, 0.29) is 17.1 Å². The summed E-state index contributed by atoms with van der Waals surface area (Å²) in [6.45, 7) is 0. The van der Waals surface area contributed by atoms with E-state index in [1.807, 2.05) is 34.6 Å². The molecule has 1 unspecified atom stereocenters. The van der Waals surface area contributed by atoms with Crippen molar-refractivity contribution in [3.8, 4) is 0 Å². The Hall–Kier alpha value is -1.97. The maximum Gasteiger partial charge on any atom is 0.166 e. The number of hydrogen-bond donors (Lipinski definition) is 6. The van der Waals surface area contributed by atoms with Crippen LogP contribution in [0.2, 0.25) is 0 Å². The average Bonchev–Trinajstić information content (AvgIpc) is 2.53. The highest BCUT2D eigenvalue weighted by Gasteiger charge is 2.32. The summed E-state index contributed by atoms with van der Waals surface area (Å²) >= 11 is -1.44. The van der Waals surface area contributed by atoms with E-state index in [1.165, 1.54) is 6.07 Å². The standard InChI is InChI=1S/C13H13N3O4S/c17-14-9-6-11-8(12(15-18)13(9)16-19)5-7-3-1-2-4-10(7)21(11)20/h1-4,6,14-19H,5H2. The molecule has 2 aromatic carbocycles. The van der Waals surface area contributed by atoms with Gasteiger partial charge in [-0.25, -0.2) is 0 Å². The Morgan fingerprint density at radius 3 is 2.33 bits per heavy atom. The van der Waals surface area contributed by atoms with E-state index in [1.54, 1.807) is 6.07 Å². The van der Waals surface area contributed by atoms with Crippen molar-refractivity contribution in [3.05, 3.63) is 41.5 Å². The molecule has 0 bridgehead atoms. The lowest BCUT2D eigenvalue weighted by molar-refractivity contribution is 0.371. The third-order valence-electron chi connectivity index (χ3n) is 3.48. The summed E-state index contributed by atoms with van der Waals surface area (Å²) in [6.07, 6.45) is 0.445. The molecule has 1 aliphatic heterocycles. The van der Waals surface area contributed by atoms with E-state index in [4.69, 9.17) is 5.21 Å². The van der Waals surface area contributed by atoms with Gasteiger partial charge in [0.2, 0.25) is 0 Å². The van der Waals surface area contributed by atoms with Gasteiger partial charge in [-0.3, -0.25) is 32.1 Å². The fourth-order valence-electron chi connectivity index (χ4n) is 2.51. The second-order valence-electron chi connectivity index (χ2n) is 4.54. The summed E-state index contributed by atoms with van der Waals surface area (Å²) in [5, 5.41) is 27.7. The second kappa shape index (κ2) is 5.43. The van der Waals surface area contributed by atoms with Gasteiger partial charge < -0.3 is 4.55 Å². The number of anilines is 3. The van der Waals surface area contributed by atoms with Crippen LogP contribution in [-0.2, 0) is 17.6 Å². The lowest BCUT2D eigenvalue weighted by Crippen LogP contribution is -2.18. The van der Waals surface area contributed by atoms with Gasteiger partial charge in [-0.2, -0.15) is 0 Å². The van der Waals surface area contributed by atoms with E-state index in [9.17, 15) is 15.0 Å². The first-order chi connectivity index (χ1) is 10.2. The molecule has 0 saturated carbocycles. The molecule has 0 aliphatic carbocycles. The Kier molecular flexibility index (Phi) is 3.62. The Labute approximate surface area is 123 Å². The zero-order valence-electron chi connectivity index (χ0n) is 10.8. The van der Waals surface area contributed by atoms with Gasteiger partial charge in [0, 0.05) is 34.8 Å². The van der Waals surface area contributed by atoms with Gasteiger partial charge >= 0.3 is 0 Å². The molecule has 110 valence electrons. The second-order valence-corrected chi connectivity index (χ2v) is 5.96. The van der Waals surface area contributed by atoms with Crippen LogP contribution in [0.5, 0.6) is 0 Å². The summed E-state index contributed by atoms with van der Waals surface area (Å²) in [6, 6.07) is 8.77. The molecule has 0 amide bonds. The monoisotopic (exact) mass is 307 g/mol. The molecular formula is C13H13N3O4S. The topological polar surface area (TPSA) is 120 Å². The number of nitrogens with one attached hydrogen (secondary N) is 3. The smallest absolute Gasteiger partial charge is 0.166 e. The first-order valence-corrected chi connectivity index (χ1v) is 7.26. The van der Waals surface area contributed by atoms with Crippen LogP contribution in [0.3, 0.4) is 0 Å². The van der Waals surface area contributed by atoms with Crippen molar-refractivity contribution in [2.75, 3.05) is 16.4 Å². The number of fused-ring (bicyclic) bond motifs is 2. The van der Waals surface area contributed by atoms with Crippen molar-refractivity contribution in [3.63, 3.8) is 0 Å². The molecule has 1 heterocycles. The SMILES string of the molecule is [O-][S+]1c2ccccc2Cc2c1cc(NO)c(NO)c2NO. The molecular weight excluding hydrogens is 294 g/mol. The van der Waals surface area contributed by atoms with E-state index < -0.39 is 11.2 Å². The van der Waals surface area contributed by atoms with Crippen molar-refractivity contribution in [2.24, 2.45) is 0 Å². The largest absolute Gasteiger partial charge is 0.606 e. The van der Waals surface area contributed by atoms with E-state index in [0.717, 1.165) is 5.56 Å². The minimum Gasteiger partial charge on any atom is -0.606 e. The lowest BCUT2D eigenvalue weighted by Gasteiger charge is -2.25. The Morgan fingerprint density at radius 2 is 1.67 bits per heavy atom. The highest BCUT2D eigenvalue weighted by Crippen LogP contribution is 2.44. The number of hydrogen-bond acceptors (Lipinski definition) is 7. The van der Waals surface area contributed by atoms with E-state index in [2.05, 4.69) is 0 Å². The third kappa shape index (κ3) is 2.09. The highest BCUT2D eigenvalue weighted by molar-refractivity contribution is 7.91. The molecule has 0 radical (unpaired) electrons. The summed E-state index contributed by atoms with van der Waals surface area (Å²) < 4.78 is 12.7. The van der Waals surface area contributed by atoms with Gasteiger partial charge in [0.25, 0.3) is 0 Å². The molecule has 0 spiro atoms. The predicted octanol–water partition coefficient (Wildman–Crippen LogP) is 2.16. The zero-order chi connectivity index (χ0) is 15.0. The quantitative estimate of drug-likeness (QED) is 0.380. The molecule has 0 aromatic heterocycles. The summed E-state index contributed by atoms with van der Waals surface area (Å²) in [5.41, 5.74) is 7.61. The third-order valence-corrected chi connectivity index (χ3v) is 5.04. The number of benzene rings is 2. The van der Waals surface area contributed by atoms with E-state index >= 15 is 0 Å². The van der Waals surface area contributed by atoms with Crippen LogP contribution < -0.4 is 16.4 Å². The molecule has 2 aromatic rings.